The maximum Gasteiger partial charge on any atom is 0.305 e. The normalized spacial score (nSPS) is 22.8. The molecular formula is C29H36N2O12. The third-order valence-corrected chi connectivity index (χ3v) is 6.72. The Balaban J connectivity index is 1.59. The van der Waals surface area contributed by atoms with Gasteiger partial charge in [0.15, 0.2) is 12.2 Å². The predicted molar refractivity (Wildman–Crippen MR) is 145 cm³/mol. The summed E-state index contributed by atoms with van der Waals surface area (Å²) in [7, 11) is 0. The fourth-order valence-corrected chi connectivity index (χ4v) is 4.93. The van der Waals surface area contributed by atoms with Crippen LogP contribution in [0.5, 0.6) is 0 Å². The molecule has 5 atom stereocenters. The lowest BCUT2D eigenvalue weighted by atomic mass is 9.95. The molecule has 2 heterocycles. The van der Waals surface area contributed by atoms with Crippen molar-refractivity contribution in [1.29, 1.82) is 0 Å². The van der Waals surface area contributed by atoms with E-state index in [-0.39, 0.29) is 24.8 Å². The van der Waals surface area contributed by atoms with Gasteiger partial charge in [0.1, 0.15) is 18.8 Å². The Morgan fingerprint density at radius 2 is 1.33 bits per heavy atom. The van der Waals surface area contributed by atoms with E-state index < -0.39 is 67.0 Å². The summed E-state index contributed by atoms with van der Waals surface area (Å²) in [4.78, 5) is 86.3. The van der Waals surface area contributed by atoms with Crippen LogP contribution < -0.4 is 5.32 Å². The number of unbranched alkanes of at least 4 members (excludes halogenated alkanes) is 3. The molecule has 0 aromatic heterocycles. The van der Waals surface area contributed by atoms with Gasteiger partial charge in [-0.1, -0.05) is 25.0 Å². The number of amides is 3. The Hall–Kier alpha value is -4.33. The summed E-state index contributed by atoms with van der Waals surface area (Å²) in [6.45, 7) is 4.35. The molecule has 2 aliphatic rings. The van der Waals surface area contributed by atoms with E-state index in [1.54, 1.807) is 24.3 Å². The van der Waals surface area contributed by atoms with Crippen molar-refractivity contribution in [3.05, 3.63) is 35.4 Å². The Morgan fingerprint density at radius 3 is 1.88 bits per heavy atom. The standard InChI is InChI=1S/C29H36N2O12/c1-16(32)39-15-22-25(40-17(2)33)26(41-18(3)34)24(29(43-22)42-19(4)35)30-23(36)13-7-5-6-10-14-31-27(37)20-11-8-9-12-21(20)28(31)38/h8-9,11-12,22,24-26,29H,5-7,10,13-15H2,1-4H3,(H,30,36)/t22-,24+,25+,26+,29-/m0/s1. The lowest BCUT2D eigenvalue weighted by molar-refractivity contribution is -0.271. The molecule has 43 heavy (non-hydrogen) atoms. The zero-order valence-corrected chi connectivity index (χ0v) is 24.5. The molecule has 0 bridgehead atoms. The molecule has 1 aromatic carbocycles. The molecule has 0 saturated carbocycles. The molecule has 0 aliphatic carbocycles. The summed E-state index contributed by atoms with van der Waals surface area (Å²) in [6.07, 6.45) is -3.00. The first kappa shape index (κ1) is 33.2. The molecule has 14 heteroatoms. The number of nitrogens with one attached hydrogen (secondary N) is 1. The summed E-state index contributed by atoms with van der Waals surface area (Å²) in [5.41, 5.74) is 0.784. The fourth-order valence-electron chi connectivity index (χ4n) is 4.93. The molecule has 1 saturated heterocycles. The largest absolute Gasteiger partial charge is 0.463 e. The molecule has 1 N–H and O–H groups in total. The van der Waals surface area contributed by atoms with Crippen molar-refractivity contribution in [1.82, 2.24) is 10.2 Å². The van der Waals surface area contributed by atoms with Gasteiger partial charge in [-0.2, -0.15) is 0 Å². The Kier molecular flexibility index (Phi) is 11.8. The average Bonchev–Trinajstić information content (AvgIpc) is 3.16. The van der Waals surface area contributed by atoms with E-state index in [2.05, 4.69) is 5.32 Å². The average molecular weight is 605 g/mol. The zero-order chi connectivity index (χ0) is 31.7. The van der Waals surface area contributed by atoms with Crippen LogP contribution in [0.25, 0.3) is 0 Å². The number of esters is 4. The molecule has 2 aliphatic heterocycles. The number of nitrogens with zero attached hydrogens (tertiary/aromatic N) is 1. The first-order valence-corrected chi connectivity index (χ1v) is 13.9. The van der Waals surface area contributed by atoms with Crippen molar-refractivity contribution in [3.63, 3.8) is 0 Å². The summed E-state index contributed by atoms with van der Waals surface area (Å²) >= 11 is 0. The lowest BCUT2D eigenvalue weighted by Crippen LogP contribution is -2.67. The number of carbonyl (C=O) groups excluding carboxylic acids is 7. The van der Waals surface area contributed by atoms with Crippen LogP contribution in [-0.4, -0.2) is 90.3 Å². The zero-order valence-electron chi connectivity index (χ0n) is 24.5. The molecule has 14 nitrogen and oxygen atoms in total. The highest BCUT2D eigenvalue weighted by Gasteiger charge is 2.52. The van der Waals surface area contributed by atoms with Gasteiger partial charge in [0.05, 0.1) is 11.1 Å². The predicted octanol–water partition coefficient (Wildman–Crippen LogP) is 1.43. The van der Waals surface area contributed by atoms with E-state index >= 15 is 0 Å². The number of imide groups is 1. The van der Waals surface area contributed by atoms with E-state index in [0.717, 1.165) is 27.7 Å². The van der Waals surface area contributed by atoms with Crippen LogP contribution in [0, 0.1) is 0 Å². The maximum atomic E-state index is 12.9. The summed E-state index contributed by atoms with van der Waals surface area (Å²) in [6, 6.07) is 5.40. The highest BCUT2D eigenvalue weighted by molar-refractivity contribution is 6.21. The van der Waals surface area contributed by atoms with Crippen LogP contribution >= 0.6 is 0 Å². The van der Waals surface area contributed by atoms with Gasteiger partial charge in [-0.05, 0) is 25.0 Å². The second kappa shape index (κ2) is 15.2. The number of rotatable bonds is 13. The van der Waals surface area contributed by atoms with Gasteiger partial charge in [-0.3, -0.25) is 38.5 Å². The van der Waals surface area contributed by atoms with Gasteiger partial charge >= 0.3 is 23.9 Å². The van der Waals surface area contributed by atoms with Gasteiger partial charge in [-0.25, -0.2) is 0 Å². The molecule has 0 unspecified atom stereocenters. The molecule has 0 radical (unpaired) electrons. The van der Waals surface area contributed by atoms with Crippen LogP contribution in [0.1, 0.15) is 80.5 Å². The second-order valence-corrected chi connectivity index (χ2v) is 10.2. The van der Waals surface area contributed by atoms with Crippen molar-refractivity contribution in [2.45, 2.75) is 90.4 Å². The third kappa shape index (κ3) is 9.08. The highest BCUT2D eigenvalue weighted by Crippen LogP contribution is 2.28. The third-order valence-electron chi connectivity index (χ3n) is 6.72. The van der Waals surface area contributed by atoms with E-state index in [4.69, 9.17) is 23.7 Å². The fraction of sp³-hybridized carbons (Fsp3) is 0.552. The van der Waals surface area contributed by atoms with Crippen molar-refractivity contribution >= 4 is 41.6 Å². The lowest BCUT2D eigenvalue weighted by Gasteiger charge is -2.44. The Labute approximate surface area is 248 Å². The van der Waals surface area contributed by atoms with Gasteiger partial charge in [0.2, 0.25) is 12.2 Å². The van der Waals surface area contributed by atoms with Crippen LogP contribution in [0.4, 0.5) is 0 Å². The summed E-state index contributed by atoms with van der Waals surface area (Å²) in [5, 5.41) is 2.66. The molecule has 3 rings (SSSR count). The minimum atomic E-state index is -1.46. The molecule has 0 spiro atoms. The van der Waals surface area contributed by atoms with E-state index in [9.17, 15) is 33.6 Å². The minimum Gasteiger partial charge on any atom is -0.463 e. The Bertz CT molecular complexity index is 1210. The molecule has 234 valence electrons. The summed E-state index contributed by atoms with van der Waals surface area (Å²) < 4.78 is 26.8. The number of benzene rings is 1. The maximum absolute atomic E-state index is 12.9. The first-order valence-electron chi connectivity index (χ1n) is 13.9. The van der Waals surface area contributed by atoms with Gasteiger partial charge in [0.25, 0.3) is 11.8 Å². The highest BCUT2D eigenvalue weighted by atomic mass is 16.7. The van der Waals surface area contributed by atoms with Crippen molar-refractivity contribution in [2.24, 2.45) is 0 Å². The van der Waals surface area contributed by atoms with E-state index in [0.29, 0.717) is 36.8 Å². The van der Waals surface area contributed by atoms with E-state index in [1.165, 1.54) is 4.90 Å². The molecular weight excluding hydrogens is 568 g/mol. The Morgan fingerprint density at radius 1 is 0.767 bits per heavy atom. The van der Waals surface area contributed by atoms with Crippen LogP contribution in [0.2, 0.25) is 0 Å². The van der Waals surface area contributed by atoms with Crippen LogP contribution in [0.15, 0.2) is 24.3 Å². The van der Waals surface area contributed by atoms with Crippen molar-refractivity contribution in [3.8, 4) is 0 Å². The van der Waals surface area contributed by atoms with Crippen LogP contribution in [-0.2, 0) is 47.7 Å². The smallest absolute Gasteiger partial charge is 0.305 e. The molecule has 1 fully saturated rings. The molecule has 1 aromatic rings. The quantitative estimate of drug-likeness (QED) is 0.148. The van der Waals surface area contributed by atoms with Gasteiger partial charge < -0.3 is 29.0 Å². The summed E-state index contributed by atoms with van der Waals surface area (Å²) in [5.74, 6) is -4.06. The van der Waals surface area contributed by atoms with Crippen molar-refractivity contribution in [2.75, 3.05) is 13.2 Å². The first-order chi connectivity index (χ1) is 20.4. The SMILES string of the molecule is CC(=O)OC[C@@H]1O[C@H](OC(C)=O)[C@H](NC(=O)CCCCCCN2C(=O)c3ccccc3C2=O)[C@@H](OC(C)=O)[C@@H]1OC(C)=O. The second-order valence-electron chi connectivity index (χ2n) is 10.2. The monoisotopic (exact) mass is 604 g/mol. The molecule has 3 amide bonds. The number of hydrogen-bond acceptors (Lipinski definition) is 12. The topological polar surface area (TPSA) is 181 Å². The number of fused-ring (bicyclic) bond motifs is 1. The number of ether oxygens (including phenoxy) is 5. The number of hydrogen-bond donors (Lipinski definition) is 1. The van der Waals surface area contributed by atoms with Crippen molar-refractivity contribution < 1.29 is 57.2 Å². The van der Waals surface area contributed by atoms with E-state index in [1.807, 2.05) is 0 Å². The van der Waals surface area contributed by atoms with Crippen LogP contribution in [0.3, 0.4) is 0 Å². The minimum absolute atomic E-state index is 0.0399. The van der Waals surface area contributed by atoms with Gasteiger partial charge in [-0.15, -0.1) is 0 Å². The number of carbonyl (C=O) groups is 7. The van der Waals surface area contributed by atoms with Gasteiger partial charge in [0, 0.05) is 40.7 Å².